The van der Waals surface area contributed by atoms with Crippen LogP contribution in [0.2, 0.25) is 0 Å². The third-order valence-electron chi connectivity index (χ3n) is 3.04. The highest BCUT2D eigenvalue weighted by atomic mass is 32.1. The summed E-state index contributed by atoms with van der Waals surface area (Å²) in [6.07, 6.45) is 0.952. The number of nitrogens with zero attached hydrogens (tertiary/aromatic N) is 1. The van der Waals surface area contributed by atoms with E-state index in [1.54, 1.807) is 24.5 Å². The molecule has 1 aromatic carbocycles. The van der Waals surface area contributed by atoms with Crippen LogP contribution in [0.4, 0.5) is 5.69 Å². The molecule has 2 aromatic rings. The van der Waals surface area contributed by atoms with E-state index in [1.807, 2.05) is 49.6 Å². The van der Waals surface area contributed by atoms with Gasteiger partial charge in [0.25, 0.3) is 5.91 Å². The van der Waals surface area contributed by atoms with Crippen LogP contribution in [0.1, 0.15) is 22.9 Å². The van der Waals surface area contributed by atoms with Gasteiger partial charge in [0, 0.05) is 10.6 Å². The van der Waals surface area contributed by atoms with E-state index in [9.17, 15) is 4.79 Å². The van der Waals surface area contributed by atoms with Gasteiger partial charge in [-0.05, 0) is 43.3 Å². The molecule has 0 saturated carbocycles. The Kier molecular flexibility index (Phi) is 5.11. The second-order valence-electron chi connectivity index (χ2n) is 4.75. The van der Waals surface area contributed by atoms with Crippen LogP contribution < -0.4 is 5.32 Å². The molecule has 0 bridgehead atoms. The highest BCUT2D eigenvalue weighted by molar-refractivity contribution is 7.11. The Labute approximate surface area is 128 Å². The normalized spacial score (nSPS) is 12.3. The van der Waals surface area contributed by atoms with E-state index in [0.29, 0.717) is 0 Å². The second kappa shape index (κ2) is 7.04. The standard InChI is InChI=1S/C16H18N2O2S/c1-11-6-4-7-12(2)15(11)18-16(19)13(3)20-17-10-14-8-5-9-21-14/h4-10,13H,1-3H3,(H,18,19)/b17-10+. The number of aryl methyl sites for hydroxylation is 2. The molecule has 4 nitrogen and oxygen atoms in total. The van der Waals surface area contributed by atoms with Crippen LogP contribution in [0.15, 0.2) is 40.9 Å². The molecule has 0 saturated heterocycles. The number of carbonyl (C=O) groups excluding carboxylic acids is 1. The van der Waals surface area contributed by atoms with Crippen LogP contribution in [-0.4, -0.2) is 18.2 Å². The maximum absolute atomic E-state index is 12.1. The van der Waals surface area contributed by atoms with E-state index in [2.05, 4.69) is 10.5 Å². The number of hydrogen-bond donors (Lipinski definition) is 1. The van der Waals surface area contributed by atoms with E-state index in [4.69, 9.17) is 4.84 Å². The first-order chi connectivity index (χ1) is 10.1. The predicted molar refractivity (Wildman–Crippen MR) is 87.0 cm³/mol. The zero-order valence-corrected chi connectivity index (χ0v) is 13.1. The molecule has 1 heterocycles. The van der Waals surface area contributed by atoms with Crippen LogP contribution in [0.5, 0.6) is 0 Å². The molecular formula is C16H18N2O2S. The zero-order valence-electron chi connectivity index (χ0n) is 12.3. The number of para-hydroxylation sites is 1. The Morgan fingerprint density at radius 3 is 2.62 bits per heavy atom. The first-order valence-corrected chi connectivity index (χ1v) is 7.55. The number of nitrogens with one attached hydrogen (secondary N) is 1. The van der Waals surface area contributed by atoms with Crippen LogP contribution >= 0.6 is 11.3 Å². The number of carbonyl (C=O) groups is 1. The lowest BCUT2D eigenvalue weighted by molar-refractivity contribution is -0.126. The Morgan fingerprint density at radius 1 is 1.29 bits per heavy atom. The molecule has 1 N–H and O–H groups in total. The van der Waals surface area contributed by atoms with Crippen LogP contribution in [-0.2, 0) is 9.63 Å². The maximum Gasteiger partial charge on any atom is 0.268 e. The van der Waals surface area contributed by atoms with E-state index >= 15 is 0 Å². The number of hydrogen-bond acceptors (Lipinski definition) is 4. The van der Waals surface area contributed by atoms with Crippen molar-refractivity contribution in [3.05, 3.63) is 51.7 Å². The first-order valence-electron chi connectivity index (χ1n) is 6.67. The lowest BCUT2D eigenvalue weighted by Gasteiger charge is -2.14. The van der Waals surface area contributed by atoms with Gasteiger partial charge >= 0.3 is 0 Å². The smallest absolute Gasteiger partial charge is 0.268 e. The van der Waals surface area contributed by atoms with Crippen molar-refractivity contribution in [3.63, 3.8) is 0 Å². The summed E-state index contributed by atoms with van der Waals surface area (Å²) in [6, 6.07) is 9.75. The van der Waals surface area contributed by atoms with Crippen molar-refractivity contribution in [1.82, 2.24) is 0 Å². The van der Waals surface area contributed by atoms with Gasteiger partial charge in [0.15, 0.2) is 0 Å². The van der Waals surface area contributed by atoms with Gasteiger partial charge in [0.1, 0.15) is 0 Å². The summed E-state index contributed by atoms with van der Waals surface area (Å²) in [4.78, 5) is 18.3. The molecule has 1 unspecified atom stereocenters. The Bertz CT molecular complexity index is 615. The maximum atomic E-state index is 12.1. The van der Waals surface area contributed by atoms with Crippen LogP contribution in [0, 0.1) is 13.8 Å². The Balaban J connectivity index is 1.93. The summed E-state index contributed by atoms with van der Waals surface area (Å²) in [7, 11) is 0. The van der Waals surface area contributed by atoms with Crippen molar-refractivity contribution in [2.24, 2.45) is 5.16 Å². The summed E-state index contributed by atoms with van der Waals surface area (Å²) in [5.41, 5.74) is 2.88. The molecular weight excluding hydrogens is 284 g/mol. The lowest BCUT2D eigenvalue weighted by Crippen LogP contribution is -2.27. The molecule has 0 aliphatic heterocycles. The molecule has 0 spiro atoms. The molecule has 0 fully saturated rings. The van der Waals surface area contributed by atoms with Gasteiger partial charge in [-0.1, -0.05) is 29.4 Å². The van der Waals surface area contributed by atoms with Gasteiger partial charge in [-0.15, -0.1) is 11.3 Å². The number of anilines is 1. The molecule has 0 aliphatic rings. The summed E-state index contributed by atoms with van der Waals surface area (Å²) >= 11 is 1.56. The monoisotopic (exact) mass is 302 g/mol. The average Bonchev–Trinajstić information content (AvgIpc) is 2.96. The van der Waals surface area contributed by atoms with Crippen molar-refractivity contribution in [3.8, 4) is 0 Å². The van der Waals surface area contributed by atoms with Crippen LogP contribution in [0.3, 0.4) is 0 Å². The SMILES string of the molecule is Cc1cccc(C)c1NC(=O)C(C)O/N=C/c1cccs1. The van der Waals surface area contributed by atoms with Gasteiger partial charge < -0.3 is 10.2 Å². The first kappa shape index (κ1) is 15.3. The van der Waals surface area contributed by atoms with E-state index in [-0.39, 0.29) is 5.91 Å². The highest BCUT2D eigenvalue weighted by Gasteiger charge is 2.16. The molecule has 1 amide bonds. The fourth-order valence-corrected chi connectivity index (χ4v) is 2.40. The van der Waals surface area contributed by atoms with E-state index in [0.717, 1.165) is 21.7 Å². The van der Waals surface area contributed by atoms with Gasteiger partial charge in [-0.25, -0.2) is 0 Å². The summed E-state index contributed by atoms with van der Waals surface area (Å²) in [5, 5.41) is 8.69. The van der Waals surface area contributed by atoms with Crippen molar-refractivity contribution >= 4 is 29.1 Å². The number of benzene rings is 1. The second-order valence-corrected chi connectivity index (χ2v) is 5.73. The largest absolute Gasteiger partial charge is 0.383 e. The van der Waals surface area contributed by atoms with Crippen molar-refractivity contribution < 1.29 is 9.63 Å². The Hall–Kier alpha value is -2.14. The quantitative estimate of drug-likeness (QED) is 0.675. The number of rotatable bonds is 5. The topological polar surface area (TPSA) is 50.7 Å². The molecule has 1 atom stereocenters. The van der Waals surface area contributed by atoms with Gasteiger partial charge in [0.2, 0.25) is 6.10 Å². The average molecular weight is 302 g/mol. The van der Waals surface area contributed by atoms with Gasteiger partial charge in [0.05, 0.1) is 6.21 Å². The zero-order chi connectivity index (χ0) is 15.2. The van der Waals surface area contributed by atoms with E-state index < -0.39 is 6.10 Å². The molecule has 1 aromatic heterocycles. The molecule has 0 aliphatic carbocycles. The summed E-state index contributed by atoms with van der Waals surface area (Å²) in [6.45, 7) is 5.60. The van der Waals surface area contributed by atoms with Crippen LogP contribution in [0.25, 0.3) is 0 Å². The number of amides is 1. The molecule has 110 valence electrons. The summed E-state index contributed by atoms with van der Waals surface area (Å²) < 4.78 is 0. The lowest BCUT2D eigenvalue weighted by atomic mass is 10.1. The number of thiophene rings is 1. The Morgan fingerprint density at radius 2 is 2.00 bits per heavy atom. The van der Waals surface area contributed by atoms with Crippen molar-refractivity contribution in [2.75, 3.05) is 5.32 Å². The third kappa shape index (κ3) is 4.16. The highest BCUT2D eigenvalue weighted by Crippen LogP contribution is 2.19. The third-order valence-corrected chi connectivity index (χ3v) is 3.85. The molecule has 21 heavy (non-hydrogen) atoms. The fourth-order valence-electron chi connectivity index (χ4n) is 1.82. The number of oxime groups is 1. The fraction of sp³-hybridized carbons (Fsp3) is 0.250. The van der Waals surface area contributed by atoms with Gasteiger partial charge in [-0.2, -0.15) is 0 Å². The molecule has 5 heteroatoms. The minimum Gasteiger partial charge on any atom is -0.383 e. The van der Waals surface area contributed by atoms with Gasteiger partial charge in [-0.3, -0.25) is 4.79 Å². The summed E-state index contributed by atoms with van der Waals surface area (Å²) in [5.74, 6) is -0.212. The predicted octanol–water partition coefficient (Wildman–Crippen LogP) is 3.74. The minimum absolute atomic E-state index is 0.212. The van der Waals surface area contributed by atoms with E-state index in [1.165, 1.54) is 0 Å². The van der Waals surface area contributed by atoms with Crippen molar-refractivity contribution in [2.45, 2.75) is 26.9 Å². The molecule has 0 radical (unpaired) electrons. The molecule has 2 rings (SSSR count). The van der Waals surface area contributed by atoms with Crippen molar-refractivity contribution in [1.29, 1.82) is 0 Å². The minimum atomic E-state index is -0.653.